The van der Waals surface area contributed by atoms with Crippen molar-refractivity contribution in [2.45, 2.75) is 309 Å². The lowest BCUT2D eigenvalue weighted by Gasteiger charge is -2.18. The molecule has 0 radical (unpaired) electrons. The van der Waals surface area contributed by atoms with Crippen LogP contribution in [-0.2, 0) is 23.8 Å². The maximum atomic E-state index is 12.9. The van der Waals surface area contributed by atoms with Gasteiger partial charge in [-0.05, 0) is 116 Å². The van der Waals surface area contributed by atoms with Crippen LogP contribution in [-0.4, -0.2) is 37.9 Å². The van der Waals surface area contributed by atoms with Crippen molar-refractivity contribution in [1.82, 2.24) is 0 Å². The second-order valence-corrected chi connectivity index (χ2v) is 20.6. The summed E-state index contributed by atoms with van der Waals surface area (Å²) < 4.78 is 17.5. The number of carbonyl (C=O) groups is 2. The number of unbranched alkanes of at least 4 members (excludes halogenated alkanes) is 32. The third kappa shape index (κ3) is 59.6. The highest BCUT2D eigenvalue weighted by atomic mass is 16.6. The van der Waals surface area contributed by atoms with Crippen molar-refractivity contribution in [3.05, 3.63) is 85.1 Å². The molecule has 0 bridgehead atoms. The van der Waals surface area contributed by atoms with Crippen LogP contribution in [0, 0.1) is 0 Å². The topological polar surface area (TPSA) is 61.8 Å². The minimum Gasteiger partial charge on any atom is -0.462 e. The maximum Gasteiger partial charge on any atom is 0.306 e. The number of rotatable bonds is 57. The Balaban J connectivity index is 4.34. The summed E-state index contributed by atoms with van der Waals surface area (Å²) in [7, 11) is 0. The highest BCUT2D eigenvalue weighted by Gasteiger charge is 2.17. The quantitative estimate of drug-likeness (QED) is 0.0345. The van der Waals surface area contributed by atoms with Gasteiger partial charge in [0.25, 0.3) is 0 Å². The van der Waals surface area contributed by atoms with Gasteiger partial charge in [0.1, 0.15) is 6.61 Å². The zero-order chi connectivity index (χ0) is 52.0. The summed E-state index contributed by atoms with van der Waals surface area (Å²) in [6.07, 6.45) is 83.4. The van der Waals surface area contributed by atoms with E-state index in [2.05, 4.69) is 106 Å². The molecule has 0 spiro atoms. The number of esters is 2. The van der Waals surface area contributed by atoms with Crippen LogP contribution >= 0.6 is 0 Å². The molecule has 0 rings (SSSR count). The van der Waals surface area contributed by atoms with E-state index in [-0.39, 0.29) is 25.2 Å². The molecule has 0 aromatic carbocycles. The van der Waals surface area contributed by atoms with Crippen LogP contribution in [0.5, 0.6) is 0 Å². The van der Waals surface area contributed by atoms with E-state index in [1.807, 2.05) is 0 Å². The Morgan fingerprint density at radius 1 is 0.319 bits per heavy atom. The van der Waals surface area contributed by atoms with E-state index in [1.54, 1.807) is 0 Å². The lowest BCUT2D eigenvalue weighted by Crippen LogP contribution is -2.30. The summed E-state index contributed by atoms with van der Waals surface area (Å²) in [5.41, 5.74) is 0. The molecule has 0 aromatic heterocycles. The first-order valence-corrected chi connectivity index (χ1v) is 31.1. The van der Waals surface area contributed by atoms with Crippen LogP contribution in [0.25, 0.3) is 0 Å². The van der Waals surface area contributed by atoms with Gasteiger partial charge < -0.3 is 14.2 Å². The molecule has 1 atom stereocenters. The third-order valence-corrected chi connectivity index (χ3v) is 13.4. The Bertz CT molecular complexity index is 1320. The Morgan fingerprint density at radius 2 is 0.625 bits per heavy atom. The summed E-state index contributed by atoms with van der Waals surface area (Å²) in [6, 6.07) is 0. The Kier molecular flexibility index (Phi) is 59.8. The lowest BCUT2D eigenvalue weighted by molar-refractivity contribution is -0.163. The van der Waals surface area contributed by atoms with Gasteiger partial charge in [0.15, 0.2) is 6.10 Å². The number of carbonyl (C=O) groups excluding carboxylic acids is 2. The van der Waals surface area contributed by atoms with Crippen LogP contribution in [0.2, 0.25) is 0 Å². The van der Waals surface area contributed by atoms with E-state index in [0.717, 1.165) is 83.5 Å². The fraction of sp³-hybridized carbons (Fsp3) is 0.761. The molecular formula is C67H118O5. The van der Waals surface area contributed by atoms with Crippen molar-refractivity contribution >= 4 is 11.9 Å². The van der Waals surface area contributed by atoms with E-state index in [4.69, 9.17) is 14.2 Å². The summed E-state index contributed by atoms with van der Waals surface area (Å²) >= 11 is 0. The van der Waals surface area contributed by atoms with E-state index >= 15 is 0 Å². The van der Waals surface area contributed by atoms with E-state index in [1.165, 1.54) is 186 Å². The summed E-state index contributed by atoms with van der Waals surface area (Å²) in [4.78, 5) is 25.6. The second-order valence-electron chi connectivity index (χ2n) is 20.6. The summed E-state index contributed by atoms with van der Waals surface area (Å²) in [5.74, 6) is -0.417. The maximum absolute atomic E-state index is 12.9. The standard InChI is InChI=1S/C67H118O5/c1-4-7-10-13-16-19-22-25-28-31-34-36-39-42-45-48-51-54-57-60-66(68)71-64-65(63-70-62-59-56-53-50-47-44-41-38-33-30-27-24-21-18-15-12-9-6-3)72-67(69)61-58-55-52-49-46-43-40-37-35-32-29-26-23-20-17-14-11-8-5-2/h9,12,18,21,25-30,38,41,47,50,65H,4-8,10-11,13-17,19-20,22-24,31-37,39-40,42-46,48-49,51-64H2,1-3H3/b12-9-,21-18-,28-25-,29-26-,30-27-,41-38-,50-47-. The number of hydrogen-bond acceptors (Lipinski definition) is 5. The molecule has 0 fully saturated rings. The monoisotopic (exact) mass is 1000 g/mol. The van der Waals surface area contributed by atoms with Gasteiger partial charge in [0.2, 0.25) is 0 Å². The van der Waals surface area contributed by atoms with E-state index < -0.39 is 6.10 Å². The largest absolute Gasteiger partial charge is 0.462 e. The molecule has 5 nitrogen and oxygen atoms in total. The van der Waals surface area contributed by atoms with Crippen LogP contribution in [0.3, 0.4) is 0 Å². The number of ether oxygens (including phenoxy) is 3. The molecule has 0 N–H and O–H groups in total. The first-order chi connectivity index (χ1) is 35.6. The van der Waals surface area contributed by atoms with Gasteiger partial charge in [-0.2, -0.15) is 0 Å². The Labute approximate surface area is 448 Å². The van der Waals surface area contributed by atoms with Gasteiger partial charge in [-0.1, -0.05) is 260 Å². The smallest absolute Gasteiger partial charge is 0.306 e. The molecule has 0 aliphatic rings. The zero-order valence-electron chi connectivity index (χ0n) is 47.9. The SMILES string of the molecule is CC/C=C\C/C=C\C/C=C\C/C=C\C/C=C\CCCCOCC(COC(=O)CCCCCCCCCCC/C=C\CCCCCCCC)OC(=O)CCCCCCCCCCC/C=C\CCCCCCCC. The van der Waals surface area contributed by atoms with Crippen molar-refractivity contribution in [3.63, 3.8) is 0 Å². The molecule has 0 heterocycles. The van der Waals surface area contributed by atoms with Gasteiger partial charge in [-0.25, -0.2) is 0 Å². The zero-order valence-corrected chi connectivity index (χ0v) is 47.9. The normalized spacial score (nSPS) is 12.8. The highest BCUT2D eigenvalue weighted by molar-refractivity contribution is 5.70. The molecular weight excluding hydrogens is 885 g/mol. The van der Waals surface area contributed by atoms with Gasteiger partial charge >= 0.3 is 11.9 Å². The average Bonchev–Trinajstić information content (AvgIpc) is 3.38. The van der Waals surface area contributed by atoms with Gasteiger partial charge in [0, 0.05) is 19.4 Å². The van der Waals surface area contributed by atoms with Crippen LogP contribution < -0.4 is 0 Å². The molecule has 0 aliphatic carbocycles. The molecule has 0 amide bonds. The minimum absolute atomic E-state index is 0.0645. The molecule has 1 unspecified atom stereocenters. The Hall–Kier alpha value is -2.92. The molecule has 5 heteroatoms. The number of hydrogen-bond donors (Lipinski definition) is 0. The molecule has 0 saturated heterocycles. The summed E-state index contributed by atoms with van der Waals surface area (Å²) in [5, 5.41) is 0. The first-order valence-electron chi connectivity index (χ1n) is 31.1. The van der Waals surface area contributed by atoms with Crippen LogP contribution in [0.1, 0.15) is 303 Å². The van der Waals surface area contributed by atoms with E-state index in [9.17, 15) is 9.59 Å². The average molecular weight is 1000 g/mol. The van der Waals surface area contributed by atoms with E-state index in [0.29, 0.717) is 19.4 Å². The number of allylic oxidation sites excluding steroid dienone is 14. The van der Waals surface area contributed by atoms with Crippen molar-refractivity contribution in [2.24, 2.45) is 0 Å². The predicted octanol–water partition coefficient (Wildman–Crippen LogP) is 21.6. The second kappa shape index (κ2) is 62.4. The van der Waals surface area contributed by atoms with Crippen LogP contribution in [0.15, 0.2) is 85.1 Å². The highest BCUT2D eigenvalue weighted by Crippen LogP contribution is 2.16. The van der Waals surface area contributed by atoms with Gasteiger partial charge in [-0.3, -0.25) is 9.59 Å². The molecule has 0 saturated carbocycles. The van der Waals surface area contributed by atoms with Crippen molar-refractivity contribution in [2.75, 3.05) is 19.8 Å². The Morgan fingerprint density at radius 3 is 1.01 bits per heavy atom. The van der Waals surface area contributed by atoms with Crippen molar-refractivity contribution in [3.8, 4) is 0 Å². The van der Waals surface area contributed by atoms with Crippen molar-refractivity contribution < 1.29 is 23.8 Å². The third-order valence-electron chi connectivity index (χ3n) is 13.4. The summed E-state index contributed by atoms with van der Waals surface area (Å²) in [6.45, 7) is 7.64. The fourth-order valence-electron chi connectivity index (χ4n) is 8.76. The molecule has 0 aromatic rings. The molecule has 72 heavy (non-hydrogen) atoms. The van der Waals surface area contributed by atoms with Crippen LogP contribution in [0.4, 0.5) is 0 Å². The fourth-order valence-corrected chi connectivity index (χ4v) is 8.76. The molecule has 0 aliphatic heterocycles. The first kappa shape index (κ1) is 69.1. The van der Waals surface area contributed by atoms with Gasteiger partial charge in [0.05, 0.1) is 6.61 Å². The molecule has 416 valence electrons. The van der Waals surface area contributed by atoms with Crippen molar-refractivity contribution in [1.29, 1.82) is 0 Å². The van der Waals surface area contributed by atoms with Gasteiger partial charge in [-0.15, -0.1) is 0 Å². The minimum atomic E-state index is -0.565. The predicted molar refractivity (Wildman–Crippen MR) is 316 cm³/mol. The lowest BCUT2D eigenvalue weighted by atomic mass is 10.1.